The van der Waals surface area contributed by atoms with E-state index in [1.807, 2.05) is 6.07 Å². The van der Waals surface area contributed by atoms with E-state index in [1.54, 1.807) is 42.3 Å². The zero-order chi connectivity index (χ0) is 28.6. The van der Waals surface area contributed by atoms with Crippen LogP contribution in [0.25, 0.3) is 5.76 Å². The summed E-state index contributed by atoms with van der Waals surface area (Å²) in [5.74, 6) is 0.531. The molecular formula is C31H40N2O7. The molecule has 9 heteroatoms. The van der Waals surface area contributed by atoms with Gasteiger partial charge in [-0.3, -0.25) is 9.59 Å². The first kappa shape index (κ1) is 29.3. The van der Waals surface area contributed by atoms with Crippen molar-refractivity contribution in [1.82, 2.24) is 9.80 Å². The normalized spacial score (nSPS) is 17.9. The fraction of sp³-hybridized carbons (Fsp3) is 0.484. The van der Waals surface area contributed by atoms with Crippen LogP contribution >= 0.6 is 0 Å². The Labute approximate surface area is 236 Å². The second-order valence-corrected chi connectivity index (χ2v) is 9.84. The van der Waals surface area contributed by atoms with Gasteiger partial charge in [0.2, 0.25) is 0 Å². The molecule has 0 spiro atoms. The van der Waals surface area contributed by atoms with Crippen molar-refractivity contribution in [2.75, 3.05) is 53.1 Å². The van der Waals surface area contributed by atoms with E-state index >= 15 is 0 Å². The Morgan fingerprint density at radius 2 is 1.75 bits per heavy atom. The van der Waals surface area contributed by atoms with Crippen molar-refractivity contribution in [3.63, 3.8) is 0 Å². The molecular weight excluding hydrogens is 512 g/mol. The first-order valence-corrected chi connectivity index (χ1v) is 14.1. The minimum Gasteiger partial charge on any atom is -0.507 e. The number of hydrogen-bond acceptors (Lipinski definition) is 8. The van der Waals surface area contributed by atoms with Crippen molar-refractivity contribution in [1.29, 1.82) is 0 Å². The zero-order valence-corrected chi connectivity index (χ0v) is 23.9. The van der Waals surface area contributed by atoms with Gasteiger partial charge in [-0.15, -0.1) is 0 Å². The number of carbonyl (C=O) groups excluding carboxylic acids is 2. The quantitative estimate of drug-likeness (QED) is 0.164. The van der Waals surface area contributed by atoms with Crippen LogP contribution in [0.3, 0.4) is 0 Å². The molecule has 216 valence electrons. The van der Waals surface area contributed by atoms with E-state index in [0.717, 1.165) is 32.5 Å². The highest BCUT2D eigenvalue weighted by molar-refractivity contribution is 6.46. The van der Waals surface area contributed by atoms with Crippen molar-refractivity contribution in [3.8, 4) is 23.0 Å². The third-order valence-electron chi connectivity index (χ3n) is 7.38. The van der Waals surface area contributed by atoms with E-state index in [4.69, 9.17) is 18.9 Å². The molecule has 0 saturated carbocycles. The first-order valence-electron chi connectivity index (χ1n) is 14.1. The lowest BCUT2D eigenvalue weighted by molar-refractivity contribution is -0.140. The number of ether oxygens (including phenoxy) is 4. The summed E-state index contributed by atoms with van der Waals surface area (Å²) in [7, 11) is 1.56. The van der Waals surface area contributed by atoms with Crippen LogP contribution < -0.4 is 18.9 Å². The number of benzene rings is 2. The fourth-order valence-corrected chi connectivity index (χ4v) is 5.11. The summed E-state index contributed by atoms with van der Waals surface area (Å²) in [4.78, 5) is 30.7. The van der Waals surface area contributed by atoms with Crippen LogP contribution in [0.15, 0.2) is 42.0 Å². The summed E-state index contributed by atoms with van der Waals surface area (Å²) in [6, 6.07) is 9.62. The van der Waals surface area contributed by atoms with E-state index < -0.39 is 17.7 Å². The highest BCUT2D eigenvalue weighted by atomic mass is 16.6. The molecule has 0 aromatic heterocycles. The van der Waals surface area contributed by atoms with Crippen molar-refractivity contribution in [2.24, 2.45) is 0 Å². The van der Waals surface area contributed by atoms with Crippen LogP contribution in [-0.4, -0.2) is 79.7 Å². The predicted molar refractivity (Wildman–Crippen MR) is 152 cm³/mol. The highest BCUT2D eigenvalue weighted by Gasteiger charge is 2.46. The highest BCUT2D eigenvalue weighted by Crippen LogP contribution is 2.43. The average molecular weight is 553 g/mol. The van der Waals surface area contributed by atoms with E-state index in [2.05, 4.69) is 25.7 Å². The second-order valence-electron chi connectivity index (χ2n) is 9.84. The largest absolute Gasteiger partial charge is 0.507 e. The molecule has 1 atom stereocenters. The molecule has 0 aliphatic carbocycles. The van der Waals surface area contributed by atoms with Crippen LogP contribution in [0.4, 0.5) is 0 Å². The number of Topliss-reactive ketones (excluding diaryl/α,β-unsaturated/α-hetero) is 1. The van der Waals surface area contributed by atoms with Crippen LogP contribution in [0.2, 0.25) is 0 Å². The predicted octanol–water partition coefficient (Wildman–Crippen LogP) is 4.80. The number of aliphatic hydroxyl groups excluding tert-OH is 1. The standard InChI is InChI=1S/C31H40N2O7/c1-5-8-16-38-23-12-10-21(19-25(23)37-4)28-27(29(34)22-11-13-24-26(20-22)40-18-17-39-24)30(35)31(36)33(28)15-9-14-32(6-2)7-3/h10-13,19-20,28,34H,5-9,14-18H2,1-4H3/b29-27+/t28-/m1/s1. The van der Waals surface area contributed by atoms with Crippen molar-refractivity contribution >= 4 is 17.4 Å². The molecule has 0 unspecified atom stereocenters. The molecule has 2 aromatic rings. The summed E-state index contributed by atoms with van der Waals surface area (Å²) in [6.45, 7) is 10.6. The van der Waals surface area contributed by atoms with E-state index in [-0.39, 0.29) is 11.3 Å². The number of aliphatic hydroxyl groups is 1. The van der Waals surface area contributed by atoms with Gasteiger partial charge >= 0.3 is 0 Å². The summed E-state index contributed by atoms with van der Waals surface area (Å²) in [5, 5.41) is 11.5. The van der Waals surface area contributed by atoms with Gasteiger partial charge in [0.05, 0.1) is 25.3 Å². The number of hydrogen-bond donors (Lipinski definition) is 1. The smallest absolute Gasteiger partial charge is 0.295 e. The van der Waals surface area contributed by atoms with Crippen molar-refractivity contribution < 1.29 is 33.6 Å². The lowest BCUT2D eigenvalue weighted by atomic mass is 9.94. The number of likely N-dealkylation sites (tertiary alicyclic amines) is 1. The minimum absolute atomic E-state index is 0.0335. The number of ketones is 1. The Bertz CT molecular complexity index is 1240. The second kappa shape index (κ2) is 13.6. The van der Waals surface area contributed by atoms with Gasteiger partial charge in [-0.1, -0.05) is 33.3 Å². The maximum Gasteiger partial charge on any atom is 0.295 e. The molecule has 1 N–H and O–H groups in total. The van der Waals surface area contributed by atoms with Gasteiger partial charge in [0.15, 0.2) is 23.0 Å². The molecule has 9 nitrogen and oxygen atoms in total. The van der Waals surface area contributed by atoms with Crippen LogP contribution in [0, 0.1) is 0 Å². The number of unbranched alkanes of at least 4 members (excludes halogenated alkanes) is 1. The number of amides is 1. The Kier molecular flexibility index (Phi) is 9.93. The molecule has 40 heavy (non-hydrogen) atoms. The third kappa shape index (κ3) is 6.20. The SMILES string of the molecule is CCCCOc1ccc([C@@H]2/C(=C(\O)c3ccc4c(c3)OCCO4)C(=O)C(=O)N2CCCN(CC)CC)cc1OC. The lowest BCUT2D eigenvalue weighted by Gasteiger charge is -2.27. The van der Waals surface area contributed by atoms with Gasteiger partial charge in [0, 0.05) is 12.1 Å². The maximum atomic E-state index is 13.5. The molecule has 2 aliphatic rings. The van der Waals surface area contributed by atoms with Crippen molar-refractivity contribution in [2.45, 2.75) is 46.1 Å². The van der Waals surface area contributed by atoms with Gasteiger partial charge in [0.1, 0.15) is 19.0 Å². The molecule has 0 bridgehead atoms. The number of rotatable bonds is 13. The molecule has 4 rings (SSSR count). The van der Waals surface area contributed by atoms with Gasteiger partial charge in [0.25, 0.3) is 11.7 Å². The molecule has 1 amide bonds. The molecule has 2 aromatic carbocycles. The lowest BCUT2D eigenvalue weighted by Crippen LogP contribution is -2.33. The Morgan fingerprint density at radius 1 is 1.00 bits per heavy atom. The van der Waals surface area contributed by atoms with Gasteiger partial charge < -0.3 is 33.9 Å². The zero-order valence-electron chi connectivity index (χ0n) is 23.9. The van der Waals surface area contributed by atoms with Crippen molar-refractivity contribution in [3.05, 3.63) is 53.1 Å². The van der Waals surface area contributed by atoms with Crippen LogP contribution in [0.5, 0.6) is 23.0 Å². The van der Waals surface area contributed by atoms with E-state index in [9.17, 15) is 14.7 Å². The number of methoxy groups -OCH3 is 1. The number of nitrogens with zero attached hydrogens (tertiary/aromatic N) is 2. The molecule has 1 fully saturated rings. The topological polar surface area (TPSA) is 97.8 Å². The molecule has 2 heterocycles. The monoisotopic (exact) mass is 552 g/mol. The van der Waals surface area contributed by atoms with Gasteiger partial charge in [-0.05, 0) is 68.4 Å². The van der Waals surface area contributed by atoms with Crippen LogP contribution in [-0.2, 0) is 9.59 Å². The molecule has 1 saturated heterocycles. The third-order valence-corrected chi connectivity index (χ3v) is 7.38. The number of carbonyl (C=O) groups is 2. The summed E-state index contributed by atoms with van der Waals surface area (Å²) in [5.41, 5.74) is 1.06. The Morgan fingerprint density at radius 3 is 2.45 bits per heavy atom. The average Bonchev–Trinajstić information content (AvgIpc) is 3.24. The Hall–Kier alpha value is -3.72. The van der Waals surface area contributed by atoms with Crippen LogP contribution in [0.1, 0.15) is 57.2 Å². The first-order chi connectivity index (χ1) is 19.4. The summed E-state index contributed by atoms with van der Waals surface area (Å²) < 4.78 is 22.8. The minimum atomic E-state index is -0.788. The van der Waals surface area contributed by atoms with Gasteiger partial charge in [-0.2, -0.15) is 0 Å². The Balaban J connectivity index is 1.75. The van der Waals surface area contributed by atoms with E-state index in [1.165, 1.54) is 0 Å². The maximum absolute atomic E-state index is 13.5. The fourth-order valence-electron chi connectivity index (χ4n) is 5.11. The molecule has 2 aliphatic heterocycles. The molecule has 0 radical (unpaired) electrons. The number of fused-ring (bicyclic) bond motifs is 1. The summed E-state index contributed by atoms with van der Waals surface area (Å²) >= 11 is 0. The summed E-state index contributed by atoms with van der Waals surface area (Å²) in [6.07, 6.45) is 2.60. The van der Waals surface area contributed by atoms with Gasteiger partial charge in [-0.25, -0.2) is 0 Å². The van der Waals surface area contributed by atoms with E-state index in [0.29, 0.717) is 66.9 Å².